The Kier molecular flexibility index (Phi) is 3.87. The van der Waals surface area contributed by atoms with Crippen LogP contribution in [0.2, 0.25) is 0 Å². The van der Waals surface area contributed by atoms with Crippen LogP contribution in [0.25, 0.3) is 0 Å². The van der Waals surface area contributed by atoms with Crippen molar-refractivity contribution in [3.05, 3.63) is 28.2 Å². The maximum absolute atomic E-state index is 5.20. The van der Waals surface area contributed by atoms with Crippen LogP contribution in [0.3, 0.4) is 0 Å². The standard InChI is InChI=1S/C13H18BrNO/c1-9-5-11(6-9)15-8-10-3-4-13(16-2)12(14)7-10/h3-4,7,9,11,15H,5-6,8H2,1-2H3. The van der Waals surface area contributed by atoms with Gasteiger partial charge in [0.2, 0.25) is 0 Å². The van der Waals surface area contributed by atoms with Crippen LogP contribution < -0.4 is 10.1 Å². The van der Waals surface area contributed by atoms with E-state index in [1.54, 1.807) is 7.11 Å². The molecule has 1 aliphatic carbocycles. The molecule has 0 aromatic heterocycles. The third-order valence-corrected chi connectivity index (χ3v) is 3.80. The van der Waals surface area contributed by atoms with Crippen molar-refractivity contribution >= 4 is 15.9 Å². The molecule has 0 unspecified atom stereocenters. The van der Waals surface area contributed by atoms with Gasteiger partial charge in [0.1, 0.15) is 5.75 Å². The Bertz CT molecular complexity index is 361. The van der Waals surface area contributed by atoms with Crippen LogP contribution in [0.15, 0.2) is 22.7 Å². The zero-order valence-electron chi connectivity index (χ0n) is 9.79. The van der Waals surface area contributed by atoms with Crippen molar-refractivity contribution < 1.29 is 4.74 Å². The van der Waals surface area contributed by atoms with Crippen LogP contribution in [0.4, 0.5) is 0 Å². The molecular formula is C13H18BrNO. The second kappa shape index (κ2) is 5.19. The average Bonchev–Trinajstić information content (AvgIpc) is 2.23. The van der Waals surface area contributed by atoms with Gasteiger partial charge < -0.3 is 10.1 Å². The third kappa shape index (κ3) is 2.77. The van der Waals surface area contributed by atoms with Gasteiger partial charge in [-0.2, -0.15) is 0 Å². The lowest BCUT2D eigenvalue weighted by molar-refractivity contribution is 0.240. The summed E-state index contributed by atoms with van der Waals surface area (Å²) < 4.78 is 6.23. The first-order valence-corrected chi connectivity index (χ1v) is 6.54. The quantitative estimate of drug-likeness (QED) is 0.915. The summed E-state index contributed by atoms with van der Waals surface area (Å²) in [5.41, 5.74) is 1.30. The SMILES string of the molecule is COc1ccc(CNC2CC(C)C2)cc1Br. The van der Waals surface area contributed by atoms with Crippen molar-refractivity contribution in [3.63, 3.8) is 0 Å². The van der Waals surface area contributed by atoms with Crippen molar-refractivity contribution in [2.24, 2.45) is 5.92 Å². The van der Waals surface area contributed by atoms with Crippen molar-refractivity contribution in [1.29, 1.82) is 0 Å². The molecule has 1 saturated carbocycles. The molecule has 2 rings (SSSR count). The van der Waals surface area contributed by atoms with Gasteiger partial charge in [0.25, 0.3) is 0 Å². The first kappa shape index (κ1) is 11.9. The summed E-state index contributed by atoms with van der Waals surface area (Å²) in [5.74, 6) is 1.79. The van der Waals surface area contributed by atoms with Gasteiger partial charge in [0, 0.05) is 12.6 Å². The molecular weight excluding hydrogens is 266 g/mol. The number of rotatable bonds is 4. The molecule has 0 bridgehead atoms. The van der Waals surface area contributed by atoms with Crippen molar-refractivity contribution in [1.82, 2.24) is 5.32 Å². The van der Waals surface area contributed by atoms with E-state index >= 15 is 0 Å². The highest BCUT2D eigenvalue weighted by molar-refractivity contribution is 9.10. The first-order valence-electron chi connectivity index (χ1n) is 5.75. The number of nitrogens with one attached hydrogen (secondary N) is 1. The van der Waals surface area contributed by atoms with Crippen LogP contribution in [-0.2, 0) is 6.54 Å². The highest BCUT2D eigenvalue weighted by Crippen LogP contribution is 2.28. The molecule has 88 valence electrons. The Morgan fingerprint density at radius 3 is 2.75 bits per heavy atom. The van der Waals surface area contributed by atoms with Crippen molar-refractivity contribution in [2.75, 3.05) is 7.11 Å². The number of ether oxygens (including phenoxy) is 1. The zero-order valence-corrected chi connectivity index (χ0v) is 11.4. The van der Waals surface area contributed by atoms with E-state index in [0.29, 0.717) is 0 Å². The Balaban J connectivity index is 1.87. The van der Waals surface area contributed by atoms with Gasteiger partial charge in [0.15, 0.2) is 0 Å². The number of benzene rings is 1. The number of hydrogen-bond donors (Lipinski definition) is 1. The van der Waals surface area contributed by atoms with Crippen LogP contribution in [-0.4, -0.2) is 13.2 Å². The molecule has 3 heteroatoms. The van der Waals surface area contributed by atoms with E-state index in [-0.39, 0.29) is 0 Å². The predicted octanol–water partition coefficient (Wildman–Crippen LogP) is 3.35. The van der Waals surface area contributed by atoms with Gasteiger partial charge in [-0.1, -0.05) is 13.0 Å². The minimum atomic E-state index is 0.718. The Morgan fingerprint density at radius 1 is 1.44 bits per heavy atom. The molecule has 1 aliphatic rings. The largest absolute Gasteiger partial charge is 0.496 e. The smallest absolute Gasteiger partial charge is 0.133 e. The average molecular weight is 284 g/mol. The van der Waals surface area contributed by atoms with E-state index in [9.17, 15) is 0 Å². The molecule has 0 spiro atoms. The van der Waals surface area contributed by atoms with E-state index in [0.717, 1.165) is 28.7 Å². The Morgan fingerprint density at radius 2 is 2.19 bits per heavy atom. The van der Waals surface area contributed by atoms with E-state index in [4.69, 9.17) is 4.74 Å². The summed E-state index contributed by atoms with van der Waals surface area (Å²) in [6.45, 7) is 3.25. The molecule has 0 aliphatic heterocycles. The normalized spacial score (nSPS) is 23.9. The fraction of sp³-hybridized carbons (Fsp3) is 0.538. The van der Waals surface area contributed by atoms with Gasteiger partial charge in [-0.25, -0.2) is 0 Å². The molecule has 1 N–H and O–H groups in total. The lowest BCUT2D eigenvalue weighted by Gasteiger charge is -2.33. The van der Waals surface area contributed by atoms with Crippen molar-refractivity contribution in [3.8, 4) is 5.75 Å². The molecule has 0 heterocycles. The predicted molar refractivity (Wildman–Crippen MR) is 69.7 cm³/mol. The molecule has 0 atom stereocenters. The molecule has 1 aromatic rings. The van der Waals surface area contributed by atoms with E-state index < -0.39 is 0 Å². The third-order valence-electron chi connectivity index (χ3n) is 3.18. The second-order valence-corrected chi connectivity index (χ2v) is 5.48. The topological polar surface area (TPSA) is 21.3 Å². The summed E-state index contributed by atoms with van der Waals surface area (Å²) in [6.07, 6.45) is 2.63. The molecule has 16 heavy (non-hydrogen) atoms. The van der Waals surface area contributed by atoms with Crippen LogP contribution in [0.5, 0.6) is 5.75 Å². The maximum Gasteiger partial charge on any atom is 0.133 e. The zero-order chi connectivity index (χ0) is 11.5. The summed E-state index contributed by atoms with van der Waals surface area (Å²) >= 11 is 3.50. The Labute approximate surface area is 106 Å². The number of hydrogen-bond acceptors (Lipinski definition) is 2. The fourth-order valence-corrected chi connectivity index (χ4v) is 2.74. The van der Waals surface area contributed by atoms with E-state index in [2.05, 4.69) is 40.3 Å². The maximum atomic E-state index is 5.20. The summed E-state index contributed by atoms with van der Waals surface area (Å²) in [5, 5.41) is 3.57. The molecule has 1 fully saturated rings. The second-order valence-electron chi connectivity index (χ2n) is 4.62. The highest BCUT2D eigenvalue weighted by Gasteiger charge is 2.24. The number of methoxy groups -OCH3 is 1. The van der Waals surface area contributed by atoms with E-state index in [1.165, 1.54) is 18.4 Å². The van der Waals surface area contributed by atoms with Crippen LogP contribution in [0.1, 0.15) is 25.3 Å². The van der Waals surface area contributed by atoms with E-state index in [1.807, 2.05) is 6.07 Å². The van der Waals surface area contributed by atoms with Crippen LogP contribution in [0, 0.1) is 5.92 Å². The lowest BCUT2D eigenvalue weighted by Crippen LogP contribution is -2.39. The molecule has 0 radical (unpaired) electrons. The number of halogens is 1. The summed E-state index contributed by atoms with van der Waals surface area (Å²) in [4.78, 5) is 0. The first-order chi connectivity index (χ1) is 7.69. The van der Waals surface area contributed by atoms with Gasteiger partial charge in [-0.05, 0) is 52.4 Å². The monoisotopic (exact) mass is 283 g/mol. The van der Waals surface area contributed by atoms with Gasteiger partial charge in [-0.3, -0.25) is 0 Å². The van der Waals surface area contributed by atoms with Gasteiger partial charge in [0.05, 0.1) is 11.6 Å². The van der Waals surface area contributed by atoms with Crippen molar-refractivity contribution in [2.45, 2.75) is 32.4 Å². The fourth-order valence-electron chi connectivity index (χ4n) is 2.15. The Hall–Kier alpha value is -0.540. The molecule has 1 aromatic carbocycles. The molecule has 2 nitrogen and oxygen atoms in total. The van der Waals surface area contributed by atoms with Crippen LogP contribution >= 0.6 is 15.9 Å². The molecule has 0 saturated heterocycles. The van der Waals surface area contributed by atoms with Gasteiger partial charge in [-0.15, -0.1) is 0 Å². The summed E-state index contributed by atoms with van der Waals surface area (Å²) in [6, 6.07) is 6.95. The van der Waals surface area contributed by atoms with Gasteiger partial charge >= 0.3 is 0 Å². The lowest BCUT2D eigenvalue weighted by atomic mass is 9.82. The molecule has 0 amide bonds. The summed E-state index contributed by atoms with van der Waals surface area (Å²) in [7, 11) is 1.69. The minimum Gasteiger partial charge on any atom is -0.496 e. The highest BCUT2D eigenvalue weighted by atomic mass is 79.9. The minimum absolute atomic E-state index is 0.718.